The molecule has 0 aliphatic rings. The summed E-state index contributed by atoms with van der Waals surface area (Å²) in [6.45, 7) is 12.8. The summed E-state index contributed by atoms with van der Waals surface area (Å²) in [5.41, 5.74) is 0. The number of allylic oxidation sites excluding steroid dienone is 5. The first-order valence-corrected chi connectivity index (χ1v) is 20.1. The molecule has 0 heterocycles. The predicted octanol–water partition coefficient (Wildman–Crippen LogP) is 14.1. The molecule has 0 spiro atoms. The van der Waals surface area contributed by atoms with E-state index in [1.165, 1.54) is 141 Å². The van der Waals surface area contributed by atoms with E-state index in [4.69, 9.17) is 10.2 Å². The van der Waals surface area contributed by atoms with Gasteiger partial charge >= 0.3 is 11.9 Å². The monoisotopic (exact) mass is 693 g/mol. The van der Waals surface area contributed by atoms with Crippen molar-refractivity contribution in [1.29, 1.82) is 0 Å². The van der Waals surface area contributed by atoms with Crippen molar-refractivity contribution >= 4 is 11.9 Å². The lowest BCUT2D eigenvalue weighted by molar-refractivity contribution is -0.138. The summed E-state index contributed by atoms with van der Waals surface area (Å²) in [5.74, 6) is -1.35. The van der Waals surface area contributed by atoms with Crippen LogP contribution in [-0.2, 0) is 9.59 Å². The minimum absolute atomic E-state index is 0. The summed E-state index contributed by atoms with van der Waals surface area (Å²) in [7, 11) is 0. The maximum Gasteiger partial charge on any atom is 0.303 e. The van der Waals surface area contributed by atoms with Gasteiger partial charge < -0.3 is 21.7 Å². The summed E-state index contributed by atoms with van der Waals surface area (Å²) in [5, 5.41) is 20.0. The van der Waals surface area contributed by atoms with E-state index < -0.39 is 11.9 Å². The van der Waals surface area contributed by atoms with E-state index in [-0.39, 0.29) is 6.15 Å². The summed E-state index contributed by atoms with van der Waals surface area (Å²) >= 11 is 0. The molecular formula is C43H84N2O4. The highest BCUT2D eigenvalue weighted by Gasteiger charge is 1.97. The smallest absolute Gasteiger partial charge is 0.303 e. The number of unbranched alkanes of at least 4 members (excludes halogenated alkanes) is 24. The lowest BCUT2D eigenvalue weighted by Gasteiger charge is -2.01. The van der Waals surface area contributed by atoms with Crippen molar-refractivity contribution < 1.29 is 19.8 Å². The second kappa shape index (κ2) is 52.5. The van der Waals surface area contributed by atoms with E-state index >= 15 is 0 Å². The van der Waals surface area contributed by atoms with E-state index in [0.29, 0.717) is 12.8 Å². The maximum atomic E-state index is 10.2. The van der Waals surface area contributed by atoms with Crippen LogP contribution in [0.2, 0.25) is 0 Å². The molecule has 49 heavy (non-hydrogen) atoms. The summed E-state index contributed by atoms with van der Waals surface area (Å²) in [6.07, 6.45) is 48.5. The lowest BCUT2D eigenvalue weighted by atomic mass is 10.1. The second-order valence-corrected chi connectivity index (χ2v) is 13.1. The number of hydrogen-bond acceptors (Lipinski definition) is 4. The maximum absolute atomic E-state index is 10.2. The topological polar surface area (TPSA) is 122 Å². The molecule has 0 unspecified atom stereocenters. The Morgan fingerprint density at radius 3 is 1.18 bits per heavy atom. The summed E-state index contributed by atoms with van der Waals surface area (Å²) in [4.78, 5) is 20.3. The second-order valence-electron chi connectivity index (χ2n) is 13.1. The highest BCUT2D eigenvalue weighted by Crippen LogP contribution is 2.11. The molecule has 0 atom stereocenters. The van der Waals surface area contributed by atoms with Crippen molar-refractivity contribution in [3.8, 4) is 0 Å². The molecule has 6 nitrogen and oxygen atoms in total. The van der Waals surface area contributed by atoms with Crippen LogP contribution >= 0.6 is 0 Å². The van der Waals surface area contributed by atoms with Gasteiger partial charge in [0.1, 0.15) is 0 Å². The van der Waals surface area contributed by atoms with Crippen LogP contribution in [0.5, 0.6) is 0 Å². The van der Waals surface area contributed by atoms with Crippen LogP contribution in [-0.4, -0.2) is 28.7 Å². The minimum atomic E-state index is -0.674. The first-order valence-electron chi connectivity index (χ1n) is 20.1. The van der Waals surface area contributed by atoms with Gasteiger partial charge in [-0.05, 0) is 83.8 Å². The van der Waals surface area contributed by atoms with Gasteiger partial charge in [0.15, 0.2) is 0 Å². The van der Waals surface area contributed by atoms with Gasteiger partial charge in [0, 0.05) is 19.4 Å². The fourth-order valence-corrected chi connectivity index (χ4v) is 5.22. The third kappa shape index (κ3) is 64.8. The van der Waals surface area contributed by atoms with Crippen LogP contribution in [0.15, 0.2) is 49.7 Å². The molecule has 0 saturated heterocycles. The average molecular weight is 693 g/mol. The van der Waals surface area contributed by atoms with E-state index in [1.54, 1.807) is 0 Å². The zero-order valence-corrected chi connectivity index (χ0v) is 32.7. The Morgan fingerprint density at radius 2 is 0.837 bits per heavy atom. The molecule has 0 bridgehead atoms. The first-order chi connectivity index (χ1) is 23.5. The third-order valence-electron chi connectivity index (χ3n) is 8.22. The molecule has 0 aromatic carbocycles. The molecule has 6 N–H and O–H groups in total. The van der Waals surface area contributed by atoms with Crippen LogP contribution in [0.4, 0.5) is 0 Å². The van der Waals surface area contributed by atoms with E-state index in [0.717, 1.165) is 45.1 Å². The standard InChI is InChI=1S/C21H41N.2C11H20O2.H3N/c1-3-5-6-7-8-9-10-11-12-13-14-15-16-17-18-19-21-22-20-4-2;2*1-2-3-4-5-6-7-8-9-10-11(12)13;/h4,11-12,20,22H,3,5-10,13-19,21H2,1-2H3;2*2H,1,3-10H2,(H,12,13);1H3/b12-11-,20-4+;;;. The molecular weight excluding hydrogens is 608 g/mol. The van der Waals surface area contributed by atoms with Gasteiger partial charge in [0.05, 0.1) is 0 Å². The van der Waals surface area contributed by atoms with Crippen LogP contribution in [0.1, 0.15) is 206 Å². The number of rotatable bonds is 35. The first kappa shape index (κ1) is 53.5. The van der Waals surface area contributed by atoms with Crippen LogP contribution in [0.25, 0.3) is 0 Å². The Bertz CT molecular complexity index is 687. The quantitative estimate of drug-likeness (QED) is 0.0387. The Labute approximate surface area is 305 Å². The highest BCUT2D eigenvalue weighted by molar-refractivity contribution is 5.66. The Balaban J connectivity index is -0.000000325. The fourth-order valence-electron chi connectivity index (χ4n) is 5.22. The van der Waals surface area contributed by atoms with Gasteiger partial charge in [-0.1, -0.05) is 146 Å². The van der Waals surface area contributed by atoms with Crippen LogP contribution in [0.3, 0.4) is 0 Å². The van der Waals surface area contributed by atoms with Crippen molar-refractivity contribution in [2.75, 3.05) is 6.54 Å². The molecule has 0 aromatic rings. The number of hydrogen-bond donors (Lipinski definition) is 4. The van der Waals surface area contributed by atoms with Gasteiger partial charge in [0.2, 0.25) is 0 Å². The van der Waals surface area contributed by atoms with Gasteiger partial charge in [-0.25, -0.2) is 0 Å². The highest BCUT2D eigenvalue weighted by atomic mass is 16.4. The summed E-state index contributed by atoms with van der Waals surface area (Å²) < 4.78 is 0. The number of carboxylic acids is 2. The van der Waals surface area contributed by atoms with Crippen molar-refractivity contribution in [1.82, 2.24) is 11.5 Å². The molecule has 0 fully saturated rings. The Kier molecular flexibility index (Phi) is 57.2. The molecule has 0 aliphatic heterocycles. The SMILES string of the molecule is C/C=C/NCCCCCCCC/C=C\CCCCCCCC.C=CCCCCCCCCC(=O)O.C=CCCCCCCCCC(=O)O.N. The number of carbonyl (C=O) groups is 2. The molecule has 0 saturated carbocycles. The van der Waals surface area contributed by atoms with Gasteiger partial charge in [0.25, 0.3) is 0 Å². The van der Waals surface area contributed by atoms with Crippen LogP contribution in [0, 0.1) is 0 Å². The number of aliphatic carboxylic acids is 2. The van der Waals surface area contributed by atoms with Crippen LogP contribution < -0.4 is 11.5 Å². The van der Waals surface area contributed by atoms with Crippen molar-refractivity contribution in [2.45, 2.75) is 206 Å². The van der Waals surface area contributed by atoms with Gasteiger partial charge in [-0.3, -0.25) is 9.59 Å². The Hall–Kier alpha value is -2.34. The molecule has 0 radical (unpaired) electrons. The largest absolute Gasteiger partial charge is 0.481 e. The number of carboxylic acid groups (broad SMARTS) is 2. The number of nitrogens with one attached hydrogen (secondary N) is 1. The zero-order valence-electron chi connectivity index (χ0n) is 32.7. The molecule has 0 aromatic heterocycles. The van der Waals surface area contributed by atoms with E-state index in [9.17, 15) is 9.59 Å². The molecule has 290 valence electrons. The zero-order chi connectivity index (χ0) is 36.0. The van der Waals surface area contributed by atoms with E-state index in [1.807, 2.05) is 18.4 Å². The molecule has 0 aliphatic carbocycles. The lowest BCUT2D eigenvalue weighted by Crippen LogP contribution is -2.05. The molecule has 0 rings (SSSR count). The Morgan fingerprint density at radius 1 is 0.510 bits per heavy atom. The van der Waals surface area contributed by atoms with Gasteiger partial charge in [-0.15, -0.1) is 13.2 Å². The third-order valence-corrected chi connectivity index (χ3v) is 8.22. The average Bonchev–Trinajstić information content (AvgIpc) is 3.07. The molecule has 0 amide bonds. The molecule has 6 heteroatoms. The van der Waals surface area contributed by atoms with Crippen molar-refractivity contribution in [2.24, 2.45) is 0 Å². The minimum Gasteiger partial charge on any atom is -0.481 e. The summed E-state index contributed by atoms with van der Waals surface area (Å²) in [6, 6.07) is 0. The predicted molar refractivity (Wildman–Crippen MR) is 217 cm³/mol. The van der Waals surface area contributed by atoms with Crippen molar-refractivity contribution in [3.05, 3.63) is 49.7 Å². The normalized spacial score (nSPS) is 10.5. The van der Waals surface area contributed by atoms with Crippen molar-refractivity contribution in [3.63, 3.8) is 0 Å². The van der Waals surface area contributed by atoms with E-state index in [2.05, 4.69) is 50.6 Å². The fraction of sp³-hybridized carbons (Fsp3) is 0.767. The van der Waals surface area contributed by atoms with Gasteiger partial charge in [-0.2, -0.15) is 0 Å².